The predicted octanol–water partition coefficient (Wildman–Crippen LogP) is 2.01. The second-order valence-electron chi connectivity index (χ2n) is 6.91. The third kappa shape index (κ3) is 3.86. The first-order valence-corrected chi connectivity index (χ1v) is 9.67. The van der Waals surface area contributed by atoms with Gasteiger partial charge >= 0.3 is 5.97 Å². The zero-order valence-corrected chi connectivity index (χ0v) is 16.6. The molecule has 0 aromatic carbocycles. The van der Waals surface area contributed by atoms with Crippen LogP contribution in [0.5, 0.6) is 0 Å². The van der Waals surface area contributed by atoms with Crippen molar-refractivity contribution in [2.24, 2.45) is 0 Å². The Morgan fingerprint density at radius 3 is 2.72 bits per heavy atom. The number of aromatic nitrogens is 3. The maximum atomic E-state index is 12.2. The molecule has 9 nitrogen and oxygen atoms in total. The number of carbonyl (C=O) groups excluding carboxylic acids is 1. The molecule has 0 unspecified atom stereocenters. The Morgan fingerprint density at radius 2 is 2.03 bits per heavy atom. The smallest absolute Gasteiger partial charge is 0.342 e. The van der Waals surface area contributed by atoms with Gasteiger partial charge in [0.2, 0.25) is 5.71 Å². The molecule has 9 heteroatoms. The highest BCUT2D eigenvalue weighted by molar-refractivity contribution is 6.07. The number of pyridine rings is 1. The Bertz CT molecular complexity index is 1010. The number of hydrogen-bond donors (Lipinski definition) is 1. The summed E-state index contributed by atoms with van der Waals surface area (Å²) in [6, 6.07) is 5.94. The molecule has 1 aliphatic heterocycles. The minimum atomic E-state index is -0.475. The fraction of sp³-hybridized carbons (Fsp3) is 0.400. The molecule has 0 atom stereocenters. The SMILES string of the molecule is CCOC(=O)c1c(C)oc2nc(CN3CCN(c4ccccn4)CC3)nc(N)c12. The molecule has 0 radical (unpaired) electrons. The Hall–Kier alpha value is -3.20. The van der Waals surface area contributed by atoms with E-state index in [4.69, 9.17) is 14.9 Å². The molecular formula is C20H24N6O3. The molecule has 0 aliphatic carbocycles. The van der Waals surface area contributed by atoms with E-state index >= 15 is 0 Å². The summed E-state index contributed by atoms with van der Waals surface area (Å²) >= 11 is 0. The quantitative estimate of drug-likeness (QED) is 0.647. The van der Waals surface area contributed by atoms with Crippen molar-refractivity contribution in [1.82, 2.24) is 19.9 Å². The monoisotopic (exact) mass is 396 g/mol. The summed E-state index contributed by atoms with van der Waals surface area (Å²) in [7, 11) is 0. The maximum absolute atomic E-state index is 12.2. The highest BCUT2D eigenvalue weighted by Gasteiger charge is 2.25. The fourth-order valence-corrected chi connectivity index (χ4v) is 3.58. The number of piperazine rings is 1. The van der Waals surface area contributed by atoms with Gasteiger partial charge in [0.1, 0.15) is 28.8 Å². The van der Waals surface area contributed by atoms with Gasteiger partial charge in [-0.25, -0.2) is 14.8 Å². The first-order chi connectivity index (χ1) is 14.1. The minimum Gasteiger partial charge on any atom is -0.462 e. The Labute approximate surface area is 168 Å². The minimum absolute atomic E-state index is 0.233. The van der Waals surface area contributed by atoms with Gasteiger partial charge in [-0.3, -0.25) is 4.90 Å². The van der Waals surface area contributed by atoms with Crippen LogP contribution in [0.3, 0.4) is 0 Å². The summed E-state index contributed by atoms with van der Waals surface area (Å²) in [5.74, 6) is 1.76. The van der Waals surface area contributed by atoms with E-state index in [9.17, 15) is 4.79 Å². The van der Waals surface area contributed by atoms with Gasteiger partial charge in [-0.1, -0.05) is 6.07 Å². The summed E-state index contributed by atoms with van der Waals surface area (Å²) in [5, 5.41) is 0.421. The van der Waals surface area contributed by atoms with Crippen molar-refractivity contribution in [1.29, 1.82) is 0 Å². The second-order valence-corrected chi connectivity index (χ2v) is 6.91. The van der Waals surface area contributed by atoms with Crippen molar-refractivity contribution >= 4 is 28.7 Å². The van der Waals surface area contributed by atoms with Gasteiger partial charge in [0.05, 0.1) is 18.5 Å². The molecule has 29 heavy (non-hydrogen) atoms. The van der Waals surface area contributed by atoms with Crippen LogP contribution in [0.15, 0.2) is 28.8 Å². The van der Waals surface area contributed by atoms with Gasteiger partial charge in [0.25, 0.3) is 0 Å². The lowest BCUT2D eigenvalue weighted by Gasteiger charge is -2.34. The number of hydrogen-bond acceptors (Lipinski definition) is 9. The third-order valence-electron chi connectivity index (χ3n) is 4.99. The molecule has 2 N–H and O–H groups in total. The second kappa shape index (κ2) is 8.04. The van der Waals surface area contributed by atoms with Crippen LogP contribution >= 0.6 is 0 Å². The van der Waals surface area contributed by atoms with Crippen molar-refractivity contribution in [3.63, 3.8) is 0 Å². The number of furan rings is 1. The molecule has 1 fully saturated rings. The van der Waals surface area contributed by atoms with Crippen LogP contribution in [0.25, 0.3) is 11.1 Å². The number of aryl methyl sites for hydroxylation is 1. The van der Waals surface area contributed by atoms with Crippen molar-refractivity contribution < 1.29 is 13.9 Å². The van der Waals surface area contributed by atoms with Gasteiger partial charge in [0.15, 0.2) is 0 Å². The van der Waals surface area contributed by atoms with Gasteiger partial charge in [-0.2, -0.15) is 4.98 Å². The lowest BCUT2D eigenvalue weighted by molar-refractivity contribution is 0.0526. The van der Waals surface area contributed by atoms with E-state index in [0.29, 0.717) is 34.8 Å². The van der Waals surface area contributed by atoms with Gasteiger partial charge < -0.3 is 19.8 Å². The maximum Gasteiger partial charge on any atom is 0.342 e. The fourth-order valence-electron chi connectivity index (χ4n) is 3.58. The number of esters is 1. The van der Waals surface area contributed by atoms with Gasteiger partial charge in [0, 0.05) is 32.4 Å². The molecule has 1 saturated heterocycles. The normalized spacial score (nSPS) is 15.0. The van der Waals surface area contributed by atoms with E-state index < -0.39 is 5.97 Å². The molecular weight excluding hydrogens is 372 g/mol. The molecule has 3 aromatic heterocycles. The third-order valence-corrected chi connectivity index (χ3v) is 4.99. The molecule has 0 saturated carbocycles. The van der Waals surface area contributed by atoms with Crippen LogP contribution in [0.2, 0.25) is 0 Å². The molecule has 152 valence electrons. The van der Waals surface area contributed by atoms with Gasteiger partial charge in [-0.05, 0) is 26.0 Å². The zero-order valence-electron chi connectivity index (χ0n) is 16.6. The molecule has 1 aliphatic rings. The number of fused-ring (bicyclic) bond motifs is 1. The molecule has 4 heterocycles. The van der Waals surface area contributed by atoms with Gasteiger partial charge in [-0.15, -0.1) is 0 Å². The predicted molar refractivity (Wildman–Crippen MR) is 109 cm³/mol. The standard InChI is InChI=1S/C20H24N6O3/c1-3-28-20(27)16-13(2)29-19-17(16)18(21)23-14(24-19)12-25-8-10-26(11-9-25)15-6-4-5-7-22-15/h4-7H,3,8-12H2,1-2H3,(H2,21,23,24). The van der Waals surface area contributed by atoms with E-state index in [1.165, 1.54) is 0 Å². The summed E-state index contributed by atoms with van der Waals surface area (Å²) < 4.78 is 10.8. The van der Waals surface area contributed by atoms with Crippen LogP contribution in [0, 0.1) is 6.92 Å². The van der Waals surface area contributed by atoms with Crippen LogP contribution in [0.4, 0.5) is 11.6 Å². The highest BCUT2D eigenvalue weighted by Crippen LogP contribution is 2.29. The average Bonchev–Trinajstić information content (AvgIpc) is 3.06. The van der Waals surface area contributed by atoms with Crippen LogP contribution < -0.4 is 10.6 Å². The van der Waals surface area contributed by atoms with Crippen LogP contribution in [0.1, 0.15) is 28.9 Å². The summed E-state index contributed by atoms with van der Waals surface area (Å²) in [6.07, 6.45) is 1.81. The lowest BCUT2D eigenvalue weighted by Crippen LogP contribution is -2.46. The van der Waals surface area contributed by atoms with Crippen LogP contribution in [-0.2, 0) is 11.3 Å². The van der Waals surface area contributed by atoms with Crippen molar-refractivity contribution in [2.75, 3.05) is 43.4 Å². The summed E-state index contributed by atoms with van der Waals surface area (Å²) in [6.45, 7) is 7.76. The first kappa shape index (κ1) is 19.1. The average molecular weight is 396 g/mol. The first-order valence-electron chi connectivity index (χ1n) is 9.67. The molecule has 4 rings (SSSR count). The Kier molecular flexibility index (Phi) is 5.30. The number of nitrogens with two attached hydrogens (primary N) is 1. The molecule has 0 amide bonds. The number of ether oxygens (including phenoxy) is 1. The molecule has 0 bridgehead atoms. The molecule has 3 aromatic rings. The Balaban J connectivity index is 1.49. The number of nitrogens with zero attached hydrogens (tertiary/aromatic N) is 5. The number of nitrogen functional groups attached to an aromatic ring is 1. The van der Waals surface area contributed by atoms with Crippen molar-refractivity contribution in [3.8, 4) is 0 Å². The van der Waals surface area contributed by atoms with E-state index in [0.717, 1.165) is 32.0 Å². The lowest BCUT2D eigenvalue weighted by atomic mass is 10.2. The largest absolute Gasteiger partial charge is 0.462 e. The van der Waals surface area contributed by atoms with E-state index in [-0.39, 0.29) is 12.4 Å². The number of carbonyl (C=O) groups is 1. The van der Waals surface area contributed by atoms with Crippen LogP contribution in [-0.4, -0.2) is 58.6 Å². The van der Waals surface area contributed by atoms with E-state index in [1.807, 2.05) is 24.4 Å². The zero-order chi connectivity index (χ0) is 20.4. The summed E-state index contributed by atoms with van der Waals surface area (Å²) in [4.78, 5) is 30.1. The summed E-state index contributed by atoms with van der Waals surface area (Å²) in [5.41, 5.74) is 6.77. The number of anilines is 2. The van der Waals surface area contributed by atoms with E-state index in [2.05, 4.69) is 24.8 Å². The van der Waals surface area contributed by atoms with Crippen molar-refractivity contribution in [2.45, 2.75) is 20.4 Å². The molecule has 0 spiro atoms. The topological polar surface area (TPSA) is 111 Å². The Morgan fingerprint density at radius 1 is 1.24 bits per heavy atom. The van der Waals surface area contributed by atoms with E-state index in [1.54, 1.807) is 13.8 Å². The van der Waals surface area contributed by atoms with Crippen molar-refractivity contribution in [3.05, 3.63) is 41.5 Å². The highest BCUT2D eigenvalue weighted by atomic mass is 16.5. The number of rotatable bonds is 5.